The first-order valence-corrected chi connectivity index (χ1v) is 6.01. The van der Waals surface area contributed by atoms with Gasteiger partial charge in [0.2, 0.25) is 0 Å². The van der Waals surface area contributed by atoms with Crippen LogP contribution in [0.5, 0.6) is 0 Å². The van der Waals surface area contributed by atoms with Gasteiger partial charge in [0.25, 0.3) is 0 Å². The molecule has 2 N–H and O–H groups in total. The van der Waals surface area contributed by atoms with Crippen LogP contribution in [0.25, 0.3) is 0 Å². The van der Waals surface area contributed by atoms with E-state index in [1.165, 1.54) is 0 Å². The number of rotatable bonds is 7. The van der Waals surface area contributed by atoms with E-state index in [2.05, 4.69) is 25.8 Å². The molecule has 0 aromatic carbocycles. The fourth-order valence-electron chi connectivity index (χ4n) is 1.34. The monoisotopic (exact) mass is 230 g/mol. The van der Waals surface area contributed by atoms with Crippen molar-refractivity contribution in [3.63, 3.8) is 0 Å². The Kier molecular flexibility index (Phi) is 6.60. The summed E-state index contributed by atoms with van der Waals surface area (Å²) in [7, 11) is 2.05. The minimum Gasteiger partial charge on any atom is -0.465 e. The summed E-state index contributed by atoms with van der Waals surface area (Å²) in [6, 6.07) is 0.512. The van der Waals surface area contributed by atoms with E-state index in [1.54, 1.807) is 13.8 Å². The summed E-state index contributed by atoms with van der Waals surface area (Å²) < 4.78 is 4.94. The summed E-state index contributed by atoms with van der Waals surface area (Å²) in [4.78, 5) is 13.8. The molecule has 16 heavy (non-hydrogen) atoms. The van der Waals surface area contributed by atoms with Crippen LogP contribution < -0.4 is 5.73 Å². The van der Waals surface area contributed by atoms with Gasteiger partial charge >= 0.3 is 5.97 Å². The first kappa shape index (κ1) is 15.4. The van der Waals surface area contributed by atoms with Gasteiger partial charge in [-0.15, -0.1) is 0 Å². The summed E-state index contributed by atoms with van der Waals surface area (Å²) in [6.07, 6.45) is 1.71. The van der Waals surface area contributed by atoms with Gasteiger partial charge in [-0.05, 0) is 40.7 Å². The van der Waals surface area contributed by atoms with Gasteiger partial charge in [-0.25, -0.2) is 0 Å². The molecule has 2 unspecified atom stereocenters. The third kappa shape index (κ3) is 4.94. The van der Waals surface area contributed by atoms with E-state index in [0.717, 1.165) is 13.0 Å². The highest BCUT2D eigenvalue weighted by Crippen LogP contribution is 2.11. The number of esters is 1. The zero-order valence-electron chi connectivity index (χ0n) is 11.2. The van der Waals surface area contributed by atoms with E-state index in [-0.39, 0.29) is 5.97 Å². The van der Waals surface area contributed by atoms with Crippen molar-refractivity contribution in [3.8, 4) is 0 Å². The highest BCUT2D eigenvalue weighted by molar-refractivity contribution is 5.79. The van der Waals surface area contributed by atoms with Crippen molar-refractivity contribution < 1.29 is 9.53 Å². The zero-order valence-corrected chi connectivity index (χ0v) is 11.2. The van der Waals surface area contributed by atoms with Gasteiger partial charge < -0.3 is 15.4 Å². The van der Waals surface area contributed by atoms with E-state index >= 15 is 0 Å². The van der Waals surface area contributed by atoms with Crippen molar-refractivity contribution in [2.75, 3.05) is 20.2 Å². The van der Waals surface area contributed by atoms with Gasteiger partial charge in [-0.2, -0.15) is 0 Å². The second-order valence-electron chi connectivity index (χ2n) is 4.63. The van der Waals surface area contributed by atoms with E-state index in [1.807, 2.05) is 0 Å². The summed E-state index contributed by atoms with van der Waals surface area (Å²) in [6.45, 7) is 9.02. The van der Waals surface area contributed by atoms with Gasteiger partial charge in [0.15, 0.2) is 0 Å². The molecular formula is C12H26N2O2. The third-order valence-corrected chi connectivity index (χ3v) is 3.07. The molecule has 0 saturated carbocycles. The van der Waals surface area contributed by atoms with Gasteiger partial charge in [0, 0.05) is 12.6 Å². The third-order valence-electron chi connectivity index (χ3n) is 3.07. The Morgan fingerprint density at radius 2 is 2.06 bits per heavy atom. The highest BCUT2D eigenvalue weighted by Gasteiger charge is 2.30. The molecule has 4 heteroatoms. The molecule has 0 aromatic rings. The molecule has 0 aromatic heterocycles. The van der Waals surface area contributed by atoms with Crippen LogP contribution in [0.1, 0.15) is 40.5 Å². The minimum absolute atomic E-state index is 0.312. The maximum absolute atomic E-state index is 11.6. The number of hydrogen-bond acceptors (Lipinski definition) is 4. The van der Waals surface area contributed by atoms with Crippen LogP contribution in [0, 0.1) is 0 Å². The SMILES string of the molecule is CCOC(=O)C(C)(N)CCN(C)C(C)CC. The Labute approximate surface area is 99.1 Å². The van der Waals surface area contributed by atoms with Crippen LogP contribution in [-0.4, -0.2) is 42.6 Å². The molecule has 0 heterocycles. The fourth-order valence-corrected chi connectivity index (χ4v) is 1.34. The number of ether oxygens (including phenoxy) is 1. The lowest BCUT2D eigenvalue weighted by molar-refractivity contribution is -0.149. The molecule has 0 saturated heterocycles. The predicted molar refractivity (Wildman–Crippen MR) is 66.2 cm³/mol. The topological polar surface area (TPSA) is 55.6 Å². The molecule has 96 valence electrons. The molecule has 0 aliphatic rings. The van der Waals surface area contributed by atoms with E-state index in [0.29, 0.717) is 19.1 Å². The largest absolute Gasteiger partial charge is 0.465 e. The molecule has 0 bridgehead atoms. The van der Waals surface area contributed by atoms with Crippen molar-refractivity contribution in [1.29, 1.82) is 0 Å². The van der Waals surface area contributed by atoms with E-state index < -0.39 is 5.54 Å². The molecule has 0 amide bonds. The van der Waals surface area contributed by atoms with Crippen LogP contribution in [0.4, 0.5) is 0 Å². The lowest BCUT2D eigenvalue weighted by Crippen LogP contribution is -2.48. The van der Waals surface area contributed by atoms with Gasteiger partial charge in [-0.3, -0.25) is 4.79 Å². The van der Waals surface area contributed by atoms with Crippen molar-refractivity contribution in [2.24, 2.45) is 5.73 Å². The number of hydrogen-bond donors (Lipinski definition) is 1. The molecule has 4 nitrogen and oxygen atoms in total. The van der Waals surface area contributed by atoms with Gasteiger partial charge in [-0.1, -0.05) is 6.92 Å². The Balaban J connectivity index is 4.12. The molecule has 0 fully saturated rings. The van der Waals surface area contributed by atoms with Crippen LogP contribution in [0.3, 0.4) is 0 Å². The normalized spacial score (nSPS) is 16.9. The van der Waals surface area contributed by atoms with Crippen molar-refractivity contribution in [3.05, 3.63) is 0 Å². The average molecular weight is 230 g/mol. The second kappa shape index (κ2) is 6.86. The number of nitrogens with two attached hydrogens (primary N) is 1. The molecular weight excluding hydrogens is 204 g/mol. The summed E-state index contributed by atoms with van der Waals surface area (Å²) >= 11 is 0. The number of carbonyl (C=O) groups is 1. The zero-order chi connectivity index (χ0) is 12.8. The Morgan fingerprint density at radius 3 is 2.50 bits per heavy atom. The van der Waals surface area contributed by atoms with Gasteiger partial charge in [0.1, 0.15) is 5.54 Å². The Hall–Kier alpha value is -0.610. The van der Waals surface area contributed by atoms with Crippen LogP contribution in [0.2, 0.25) is 0 Å². The van der Waals surface area contributed by atoms with Crippen molar-refractivity contribution in [2.45, 2.75) is 52.1 Å². The lowest BCUT2D eigenvalue weighted by Gasteiger charge is -2.28. The maximum Gasteiger partial charge on any atom is 0.325 e. The van der Waals surface area contributed by atoms with Crippen LogP contribution in [0.15, 0.2) is 0 Å². The standard InChI is InChI=1S/C12H26N2O2/c1-6-10(3)14(5)9-8-12(4,13)11(15)16-7-2/h10H,6-9,13H2,1-5H3. The quantitative estimate of drug-likeness (QED) is 0.671. The molecule has 0 aliphatic heterocycles. The first-order valence-electron chi connectivity index (χ1n) is 6.01. The lowest BCUT2D eigenvalue weighted by atomic mass is 9.99. The molecule has 0 radical (unpaired) electrons. The Bertz CT molecular complexity index is 217. The maximum atomic E-state index is 11.6. The second-order valence-corrected chi connectivity index (χ2v) is 4.63. The number of nitrogens with zero attached hydrogens (tertiary/aromatic N) is 1. The summed E-state index contributed by atoms with van der Waals surface area (Å²) in [5.41, 5.74) is 5.06. The molecule has 0 spiro atoms. The van der Waals surface area contributed by atoms with Crippen molar-refractivity contribution >= 4 is 5.97 Å². The first-order chi connectivity index (χ1) is 7.35. The van der Waals surface area contributed by atoms with E-state index in [9.17, 15) is 4.79 Å². The molecule has 0 rings (SSSR count). The fraction of sp³-hybridized carbons (Fsp3) is 0.917. The minimum atomic E-state index is -0.877. The number of carbonyl (C=O) groups excluding carboxylic acids is 1. The molecule has 2 atom stereocenters. The average Bonchev–Trinajstić information content (AvgIpc) is 2.25. The van der Waals surface area contributed by atoms with Crippen LogP contribution in [-0.2, 0) is 9.53 Å². The van der Waals surface area contributed by atoms with E-state index in [4.69, 9.17) is 10.5 Å². The predicted octanol–water partition coefficient (Wildman–Crippen LogP) is 1.39. The smallest absolute Gasteiger partial charge is 0.325 e. The summed E-state index contributed by atoms with van der Waals surface area (Å²) in [5.74, 6) is -0.312. The van der Waals surface area contributed by atoms with Crippen LogP contribution >= 0.6 is 0 Å². The Morgan fingerprint density at radius 1 is 1.50 bits per heavy atom. The van der Waals surface area contributed by atoms with Crippen molar-refractivity contribution in [1.82, 2.24) is 4.90 Å². The summed E-state index contributed by atoms with van der Waals surface area (Å²) in [5, 5.41) is 0. The van der Waals surface area contributed by atoms with Gasteiger partial charge in [0.05, 0.1) is 6.61 Å². The highest BCUT2D eigenvalue weighted by atomic mass is 16.5. The molecule has 0 aliphatic carbocycles.